The molecule has 1 aromatic heterocycles. The summed E-state index contributed by atoms with van der Waals surface area (Å²) in [6.45, 7) is 3.14. The zero-order valence-electron chi connectivity index (χ0n) is 13.5. The van der Waals surface area contributed by atoms with E-state index < -0.39 is 22.1 Å². The summed E-state index contributed by atoms with van der Waals surface area (Å²) in [6.07, 6.45) is 0. The molecule has 0 saturated carbocycles. The van der Waals surface area contributed by atoms with Crippen LogP contribution in [-0.2, 0) is 11.3 Å². The Labute approximate surface area is 137 Å². The third-order valence-electron chi connectivity index (χ3n) is 3.50. The van der Waals surface area contributed by atoms with E-state index in [0.29, 0.717) is 17.1 Å². The average molecular weight is 331 g/mol. The van der Waals surface area contributed by atoms with Crippen molar-refractivity contribution >= 4 is 17.3 Å². The highest BCUT2D eigenvalue weighted by Gasteiger charge is 2.18. The van der Waals surface area contributed by atoms with Gasteiger partial charge < -0.3 is 10.1 Å². The van der Waals surface area contributed by atoms with Gasteiger partial charge in [0.05, 0.1) is 17.7 Å². The van der Waals surface area contributed by atoms with E-state index in [0.717, 1.165) is 16.2 Å². The lowest BCUT2D eigenvalue weighted by Crippen LogP contribution is -2.30. The van der Waals surface area contributed by atoms with Gasteiger partial charge >= 0.3 is 11.2 Å². The quantitative estimate of drug-likeness (QED) is 0.667. The zero-order chi connectivity index (χ0) is 17.9. The van der Waals surface area contributed by atoms with Crippen molar-refractivity contribution in [3.8, 4) is 5.75 Å². The number of nitro groups is 1. The third kappa shape index (κ3) is 3.60. The lowest BCUT2D eigenvalue weighted by atomic mass is 10.2. The number of hydrogen-bond acceptors (Lipinski definition) is 5. The number of anilines is 1. The van der Waals surface area contributed by atoms with E-state index in [4.69, 9.17) is 4.74 Å². The number of benzene rings is 1. The van der Waals surface area contributed by atoms with E-state index in [2.05, 4.69) is 5.32 Å². The lowest BCUT2D eigenvalue weighted by Gasteiger charge is -2.13. The number of nitrogens with one attached hydrogen (secondary N) is 1. The second-order valence-corrected chi connectivity index (χ2v) is 5.26. The molecule has 1 heterocycles. The summed E-state index contributed by atoms with van der Waals surface area (Å²) >= 11 is 0. The minimum absolute atomic E-state index is 0.330. The van der Waals surface area contributed by atoms with E-state index in [1.165, 1.54) is 13.2 Å². The van der Waals surface area contributed by atoms with E-state index in [9.17, 15) is 19.7 Å². The second-order valence-electron chi connectivity index (χ2n) is 5.26. The molecule has 0 radical (unpaired) electrons. The number of aryl methyl sites for hydroxylation is 2. The number of carbonyl (C=O) groups is 1. The van der Waals surface area contributed by atoms with Gasteiger partial charge in [-0.3, -0.25) is 24.3 Å². The molecule has 0 fully saturated rings. The van der Waals surface area contributed by atoms with Gasteiger partial charge in [-0.1, -0.05) is 6.07 Å². The molecule has 0 aliphatic heterocycles. The van der Waals surface area contributed by atoms with E-state index in [-0.39, 0.29) is 6.54 Å². The van der Waals surface area contributed by atoms with E-state index >= 15 is 0 Å². The first-order valence-corrected chi connectivity index (χ1v) is 7.13. The molecule has 126 valence electrons. The van der Waals surface area contributed by atoms with Crippen LogP contribution in [0, 0.1) is 24.0 Å². The Morgan fingerprint density at radius 3 is 2.62 bits per heavy atom. The Balaban J connectivity index is 2.28. The molecule has 0 aliphatic rings. The number of pyridine rings is 1. The van der Waals surface area contributed by atoms with Gasteiger partial charge in [0.1, 0.15) is 12.3 Å². The molecule has 0 bridgehead atoms. The van der Waals surface area contributed by atoms with Crippen LogP contribution in [-0.4, -0.2) is 22.5 Å². The Bertz CT molecular complexity index is 857. The van der Waals surface area contributed by atoms with Crippen molar-refractivity contribution in [2.75, 3.05) is 12.4 Å². The summed E-state index contributed by atoms with van der Waals surface area (Å²) < 4.78 is 6.24. The summed E-state index contributed by atoms with van der Waals surface area (Å²) in [6, 6.07) is 7.86. The van der Waals surface area contributed by atoms with Gasteiger partial charge in [-0.15, -0.1) is 0 Å². The predicted molar refractivity (Wildman–Crippen MR) is 88.5 cm³/mol. The Hall–Kier alpha value is -3.16. The standard InChI is InChI=1S/C16H17N3O5/c1-10-4-7-14(24-3)12(8-10)17-15(20)9-18-11(2)5-6-13(16(18)21)19(22)23/h4-8H,9H2,1-3H3,(H,17,20). The lowest BCUT2D eigenvalue weighted by molar-refractivity contribution is -0.386. The fraction of sp³-hybridized carbons (Fsp3) is 0.250. The van der Waals surface area contributed by atoms with E-state index in [1.54, 1.807) is 19.1 Å². The van der Waals surface area contributed by atoms with Crippen LogP contribution in [0.4, 0.5) is 11.4 Å². The third-order valence-corrected chi connectivity index (χ3v) is 3.50. The van der Waals surface area contributed by atoms with Gasteiger partial charge in [0.2, 0.25) is 5.91 Å². The van der Waals surface area contributed by atoms with Gasteiger partial charge in [0.15, 0.2) is 0 Å². The van der Waals surface area contributed by atoms with Crippen LogP contribution in [0.5, 0.6) is 5.75 Å². The molecule has 2 aromatic rings. The number of carbonyl (C=O) groups excluding carboxylic acids is 1. The summed E-state index contributed by atoms with van der Waals surface area (Å²) in [7, 11) is 1.48. The highest BCUT2D eigenvalue weighted by Crippen LogP contribution is 2.25. The molecular weight excluding hydrogens is 314 g/mol. The average Bonchev–Trinajstić information content (AvgIpc) is 2.51. The maximum absolute atomic E-state index is 12.3. The van der Waals surface area contributed by atoms with Crippen molar-refractivity contribution in [1.29, 1.82) is 0 Å². The number of ether oxygens (including phenoxy) is 1. The first-order chi connectivity index (χ1) is 11.3. The first-order valence-electron chi connectivity index (χ1n) is 7.13. The van der Waals surface area contributed by atoms with E-state index in [1.807, 2.05) is 13.0 Å². The van der Waals surface area contributed by atoms with Crippen LogP contribution < -0.4 is 15.6 Å². The van der Waals surface area contributed by atoms with Gasteiger partial charge in [0, 0.05) is 11.8 Å². The number of amides is 1. The summed E-state index contributed by atoms with van der Waals surface area (Å²) in [5.41, 5.74) is 0.471. The molecule has 2 rings (SSSR count). The number of hydrogen-bond donors (Lipinski definition) is 1. The maximum atomic E-state index is 12.3. The first kappa shape index (κ1) is 17.2. The molecule has 0 aliphatic carbocycles. The van der Waals surface area contributed by atoms with Crippen molar-refractivity contribution in [2.24, 2.45) is 0 Å². The fourth-order valence-electron chi connectivity index (χ4n) is 2.25. The number of nitrogens with zero attached hydrogens (tertiary/aromatic N) is 2. The highest BCUT2D eigenvalue weighted by molar-refractivity contribution is 5.92. The van der Waals surface area contributed by atoms with Crippen LogP contribution in [0.25, 0.3) is 0 Å². The Morgan fingerprint density at radius 1 is 1.29 bits per heavy atom. The van der Waals surface area contributed by atoms with Crippen LogP contribution in [0.2, 0.25) is 0 Å². The molecule has 1 N–H and O–H groups in total. The molecule has 24 heavy (non-hydrogen) atoms. The van der Waals surface area contributed by atoms with Crippen LogP contribution >= 0.6 is 0 Å². The van der Waals surface area contributed by atoms with Gasteiger partial charge in [-0.05, 0) is 37.6 Å². The molecule has 0 spiro atoms. The minimum atomic E-state index is -0.814. The topological polar surface area (TPSA) is 103 Å². The smallest absolute Gasteiger partial charge is 0.334 e. The van der Waals surface area contributed by atoms with Crippen LogP contribution in [0.15, 0.2) is 35.1 Å². The summed E-state index contributed by atoms with van der Waals surface area (Å²) in [5.74, 6) is 0.00154. The summed E-state index contributed by atoms with van der Waals surface area (Å²) in [5, 5.41) is 13.5. The zero-order valence-corrected chi connectivity index (χ0v) is 13.5. The normalized spacial score (nSPS) is 10.3. The minimum Gasteiger partial charge on any atom is -0.495 e. The van der Waals surface area contributed by atoms with Gasteiger partial charge in [-0.2, -0.15) is 0 Å². The molecule has 0 atom stereocenters. The molecule has 8 heteroatoms. The second kappa shape index (κ2) is 6.95. The fourth-order valence-corrected chi connectivity index (χ4v) is 2.25. The molecule has 8 nitrogen and oxygen atoms in total. The SMILES string of the molecule is COc1ccc(C)cc1NC(=O)Cn1c(C)ccc([N+](=O)[O-])c1=O. The molecule has 1 aromatic carbocycles. The molecular formula is C16H17N3O5. The number of methoxy groups -OCH3 is 1. The van der Waals surface area contributed by atoms with Crippen molar-refractivity contribution in [3.05, 3.63) is 62.1 Å². The predicted octanol–water partition coefficient (Wildman–Crippen LogP) is 2.02. The number of rotatable bonds is 5. The van der Waals surface area contributed by atoms with Crippen molar-refractivity contribution in [3.63, 3.8) is 0 Å². The van der Waals surface area contributed by atoms with Crippen LogP contribution in [0.3, 0.4) is 0 Å². The molecule has 0 unspecified atom stereocenters. The Kier molecular flexibility index (Phi) is 4.98. The summed E-state index contributed by atoms with van der Waals surface area (Å²) in [4.78, 5) is 34.5. The van der Waals surface area contributed by atoms with Crippen molar-refractivity contribution in [1.82, 2.24) is 4.57 Å². The molecule has 0 saturated heterocycles. The monoisotopic (exact) mass is 331 g/mol. The largest absolute Gasteiger partial charge is 0.495 e. The molecule has 1 amide bonds. The number of aromatic nitrogens is 1. The van der Waals surface area contributed by atoms with Crippen molar-refractivity contribution < 1.29 is 14.5 Å². The Morgan fingerprint density at radius 2 is 2.00 bits per heavy atom. The maximum Gasteiger partial charge on any atom is 0.334 e. The van der Waals surface area contributed by atoms with Crippen molar-refractivity contribution in [2.45, 2.75) is 20.4 Å². The van der Waals surface area contributed by atoms with Gasteiger partial charge in [0.25, 0.3) is 0 Å². The van der Waals surface area contributed by atoms with Crippen LogP contribution in [0.1, 0.15) is 11.3 Å². The van der Waals surface area contributed by atoms with Gasteiger partial charge in [-0.25, -0.2) is 0 Å². The highest BCUT2D eigenvalue weighted by atomic mass is 16.6.